The molecule has 2 fully saturated rings. The van der Waals surface area contributed by atoms with Gasteiger partial charge in [0.25, 0.3) is 0 Å². The first kappa shape index (κ1) is 15.2. The highest BCUT2D eigenvalue weighted by molar-refractivity contribution is 4.92. The summed E-state index contributed by atoms with van der Waals surface area (Å²) in [6, 6.07) is 0.394. The van der Waals surface area contributed by atoms with E-state index in [1.165, 1.54) is 0 Å². The van der Waals surface area contributed by atoms with Crippen LogP contribution in [0.1, 0.15) is 33.1 Å². The number of rotatable bonds is 7. The summed E-state index contributed by atoms with van der Waals surface area (Å²) in [6.07, 6.45) is 2.95. The van der Waals surface area contributed by atoms with Gasteiger partial charge in [0.05, 0.1) is 32.5 Å². The maximum absolute atomic E-state index is 5.99. The first-order chi connectivity index (χ1) is 9.29. The van der Waals surface area contributed by atoms with Gasteiger partial charge in [0, 0.05) is 25.5 Å². The van der Waals surface area contributed by atoms with Crippen LogP contribution in [0, 0.1) is 0 Å². The van der Waals surface area contributed by atoms with Crippen molar-refractivity contribution in [1.29, 1.82) is 0 Å². The third kappa shape index (κ3) is 4.13. The standard InChI is InChI=1S/C14H27NO4/c1-3-15-12-5-6-14(18-9-10-19-14)11-13(12)17-8-7-16-4-2/h12-13,15H,3-11H2,1-2H3. The van der Waals surface area contributed by atoms with Gasteiger partial charge >= 0.3 is 0 Å². The molecule has 1 aliphatic carbocycles. The zero-order chi connectivity index (χ0) is 13.6. The van der Waals surface area contributed by atoms with E-state index in [1.807, 2.05) is 6.92 Å². The van der Waals surface area contributed by atoms with E-state index in [-0.39, 0.29) is 11.9 Å². The van der Waals surface area contributed by atoms with E-state index in [0.717, 1.165) is 32.4 Å². The summed E-state index contributed by atoms with van der Waals surface area (Å²) in [7, 11) is 0. The second-order valence-corrected chi connectivity index (χ2v) is 5.12. The molecule has 1 heterocycles. The fraction of sp³-hybridized carbons (Fsp3) is 1.00. The largest absolute Gasteiger partial charge is 0.379 e. The molecule has 0 amide bonds. The quantitative estimate of drug-likeness (QED) is 0.709. The highest BCUT2D eigenvalue weighted by Gasteiger charge is 2.45. The van der Waals surface area contributed by atoms with Crippen molar-refractivity contribution in [2.24, 2.45) is 0 Å². The summed E-state index contributed by atoms with van der Waals surface area (Å²) < 4.78 is 22.9. The molecule has 5 heteroatoms. The van der Waals surface area contributed by atoms with Crippen LogP contribution in [0.15, 0.2) is 0 Å². The third-order valence-electron chi connectivity index (χ3n) is 3.84. The highest BCUT2D eigenvalue weighted by Crippen LogP contribution is 2.37. The van der Waals surface area contributed by atoms with Gasteiger partial charge in [-0.1, -0.05) is 6.92 Å². The molecule has 2 atom stereocenters. The van der Waals surface area contributed by atoms with Crippen molar-refractivity contribution >= 4 is 0 Å². The van der Waals surface area contributed by atoms with E-state index in [0.29, 0.717) is 32.5 Å². The summed E-state index contributed by atoms with van der Waals surface area (Å²) in [4.78, 5) is 0. The van der Waals surface area contributed by atoms with E-state index >= 15 is 0 Å². The van der Waals surface area contributed by atoms with Crippen LogP contribution in [0.25, 0.3) is 0 Å². The lowest BCUT2D eigenvalue weighted by molar-refractivity contribution is -0.208. The molecular formula is C14H27NO4. The molecule has 1 aliphatic heterocycles. The Morgan fingerprint density at radius 3 is 2.68 bits per heavy atom. The SMILES string of the molecule is CCNC1CCC2(CC1OCCOCC)OCCO2. The maximum atomic E-state index is 5.99. The molecule has 1 saturated heterocycles. The van der Waals surface area contributed by atoms with Crippen molar-refractivity contribution < 1.29 is 18.9 Å². The molecule has 0 aromatic rings. The molecule has 2 unspecified atom stereocenters. The average molecular weight is 273 g/mol. The van der Waals surface area contributed by atoms with Gasteiger partial charge in [0.2, 0.25) is 0 Å². The van der Waals surface area contributed by atoms with E-state index in [2.05, 4.69) is 12.2 Å². The Balaban J connectivity index is 1.84. The lowest BCUT2D eigenvalue weighted by atomic mass is 9.87. The fourth-order valence-corrected chi connectivity index (χ4v) is 2.94. The van der Waals surface area contributed by atoms with Crippen molar-refractivity contribution in [3.8, 4) is 0 Å². The predicted octanol–water partition coefficient (Wildman–Crippen LogP) is 1.31. The number of ether oxygens (including phenoxy) is 4. The van der Waals surface area contributed by atoms with Crippen LogP contribution in [0.2, 0.25) is 0 Å². The highest BCUT2D eigenvalue weighted by atomic mass is 16.7. The molecule has 0 aromatic heterocycles. The monoisotopic (exact) mass is 273 g/mol. The second kappa shape index (κ2) is 7.55. The topological polar surface area (TPSA) is 49.0 Å². The Morgan fingerprint density at radius 2 is 2.00 bits per heavy atom. The lowest BCUT2D eigenvalue weighted by Crippen LogP contribution is -2.52. The molecule has 1 saturated carbocycles. The normalized spacial score (nSPS) is 30.0. The van der Waals surface area contributed by atoms with Crippen LogP contribution >= 0.6 is 0 Å². The summed E-state index contributed by atoms with van der Waals surface area (Å²) in [6.45, 7) is 8.53. The minimum atomic E-state index is -0.387. The molecule has 1 N–H and O–H groups in total. The molecule has 112 valence electrons. The number of hydrogen-bond acceptors (Lipinski definition) is 5. The van der Waals surface area contributed by atoms with E-state index in [4.69, 9.17) is 18.9 Å². The summed E-state index contributed by atoms with van der Waals surface area (Å²) in [5.41, 5.74) is 0. The van der Waals surface area contributed by atoms with E-state index in [1.54, 1.807) is 0 Å². The zero-order valence-corrected chi connectivity index (χ0v) is 12.2. The Labute approximate surface area is 115 Å². The van der Waals surface area contributed by atoms with Crippen LogP contribution in [0.5, 0.6) is 0 Å². The van der Waals surface area contributed by atoms with Gasteiger partial charge in [-0.15, -0.1) is 0 Å². The molecular weight excluding hydrogens is 246 g/mol. The predicted molar refractivity (Wildman–Crippen MR) is 72.2 cm³/mol. The van der Waals surface area contributed by atoms with Gasteiger partial charge in [-0.25, -0.2) is 0 Å². The smallest absolute Gasteiger partial charge is 0.171 e. The van der Waals surface area contributed by atoms with Crippen molar-refractivity contribution in [1.82, 2.24) is 5.32 Å². The molecule has 2 rings (SSSR count). The van der Waals surface area contributed by atoms with Crippen LogP contribution in [0.3, 0.4) is 0 Å². The van der Waals surface area contributed by atoms with E-state index < -0.39 is 0 Å². The molecule has 19 heavy (non-hydrogen) atoms. The molecule has 5 nitrogen and oxygen atoms in total. The Bertz CT molecular complexity index is 256. The molecule has 0 radical (unpaired) electrons. The number of likely N-dealkylation sites (N-methyl/N-ethyl adjacent to an activating group) is 1. The molecule has 2 aliphatic rings. The van der Waals surface area contributed by atoms with Crippen LogP contribution < -0.4 is 5.32 Å². The van der Waals surface area contributed by atoms with Crippen LogP contribution in [-0.4, -0.2) is 57.5 Å². The fourth-order valence-electron chi connectivity index (χ4n) is 2.94. The van der Waals surface area contributed by atoms with Crippen LogP contribution in [0.4, 0.5) is 0 Å². The summed E-state index contributed by atoms with van der Waals surface area (Å²) in [5, 5.41) is 3.50. The second-order valence-electron chi connectivity index (χ2n) is 5.12. The van der Waals surface area contributed by atoms with Gasteiger partial charge < -0.3 is 24.3 Å². The van der Waals surface area contributed by atoms with E-state index in [9.17, 15) is 0 Å². The van der Waals surface area contributed by atoms with Gasteiger partial charge in [0.15, 0.2) is 5.79 Å². The van der Waals surface area contributed by atoms with Gasteiger partial charge in [-0.2, -0.15) is 0 Å². The maximum Gasteiger partial charge on any atom is 0.171 e. The van der Waals surface area contributed by atoms with Gasteiger partial charge in [-0.3, -0.25) is 0 Å². The molecule has 0 bridgehead atoms. The molecule has 1 spiro atoms. The Morgan fingerprint density at radius 1 is 1.21 bits per heavy atom. The van der Waals surface area contributed by atoms with Crippen LogP contribution in [-0.2, 0) is 18.9 Å². The minimum Gasteiger partial charge on any atom is -0.379 e. The summed E-state index contributed by atoms with van der Waals surface area (Å²) in [5.74, 6) is -0.387. The van der Waals surface area contributed by atoms with Gasteiger partial charge in [-0.05, 0) is 19.9 Å². The first-order valence-corrected chi connectivity index (χ1v) is 7.50. The number of hydrogen-bond donors (Lipinski definition) is 1. The molecule has 0 aromatic carbocycles. The number of nitrogens with one attached hydrogen (secondary N) is 1. The summed E-state index contributed by atoms with van der Waals surface area (Å²) >= 11 is 0. The van der Waals surface area contributed by atoms with Gasteiger partial charge in [0.1, 0.15) is 0 Å². The van der Waals surface area contributed by atoms with Crippen molar-refractivity contribution in [2.75, 3.05) is 39.6 Å². The first-order valence-electron chi connectivity index (χ1n) is 7.50. The zero-order valence-electron chi connectivity index (χ0n) is 12.2. The lowest BCUT2D eigenvalue weighted by Gasteiger charge is -2.41. The van der Waals surface area contributed by atoms with Crippen molar-refractivity contribution in [2.45, 2.75) is 51.0 Å². The van der Waals surface area contributed by atoms with Crippen molar-refractivity contribution in [3.05, 3.63) is 0 Å². The minimum absolute atomic E-state index is 0.146. The third-order valence-corrected chi connectivity index (χ3v) is 3.84. The Hall–Kier alpha value is -0.200. The Kier molecular flexibility index (Phi) is 6.04. The van der Waals surface area contributed by atoms with Crippen molar-refractivity contribution in [3.63, 3.8) is 0 Å². The average Bonchev–Trinajstić information content (AvgIpc) is 2.86.